The number of aromatic nitrogens is 5. The lowest BCUT2D eigenvalue weighted by Gasteiger charge is -2.63. The number of hydrogen-bond acceptors (Lipinski definition) is 6. The second-order valence-electron chi connectivity index (χ2n) is 11.1. The minimum atomic E-state index is -4.44. The van der Waals surface area contributed by atoms with E-state index < -0.39 is 11.7 Å². The molecular formula is C22H25F3N8O. The Hall–Kier alpha value is -2.92. The van der Waals surface area contributed by atoms with E-state index in [0.717, 1.165) is 50.0 Å². The predicted octanol–water partition coefficient (Wildman–Crippen LogP) is 2.61. The molecule has 180 valence electrons. The van der Waals surface area contributed by atoms with Crippen LogP contribution in [0, 0.1) is 10.8 Å². The van der Waals surface area contributed by atoms with E-state index in [9.17, 15) is 18.0 Å². The number of carbonyl (C=O) groups is 1. The minimum absolute atomic E-state index is 0.0106. The summed E-state index contributed by atoms with van der Waals surface area (Å²) in [4.78, 5) is 31.0. The molecule has 0 unspecified atom stereocenters. The van der Waals surface area contributed by atoms with Crippen LogP contribution in [-0.2, 0) is 6.18 Å². The highest BCUT2D eigenvalue weighted by atomic mass is 19.4. The Bertz CT molecular complexity index is 1120. The molecule has 5 heterocycles. The quantitative estimate of drug-likeness (QED) is 0.735. The summed E-state index contributed by atoms with van der Waals surface area (Å²) in [5, 5.41) is 7.50. The molecule has 1 N–H and O–H groups in total. The van der Waals surface area contributed by atoms with Gasteiger partial charge in [-0.2, -0.15) is 18.3 Å². The van der Waals surface area contributed by atoms with Crippen molar-refractivity contribution in [3.05, 3.63) is 29.6 Å². The van der Waals surface area contributed by atoms with Gasteiger partial charge in [-0.15, -0.1) is 0 Å². The number of hydrogen-bond donors (Lipinski definition) is 1. The summed E-state index contributed by atoms with van der Waals surface area (Å²) in [6.45, 7) is 4.28. The molecule has 2 aromatic heterocycles. The molecule has 0 radical (unpaired) electrons. The third-order valence-corrected chi connectivity index (χ3v) is 8.16. The SMILES string of the molecule is O=C(N1CC2(CC(c3n[nH]c(C4CC4)n3)C2)C1)N1CC2(C1)CN(c1ncc(C(F)(F)F)cn1)C2. The fourth-order valence-corrected chi connectivity index (χ4v) is 6.17. The first kappa shape index (κ1) is 20.5. The second-order valence-corrected chi connectivity index (χ2v) is 11.1. The van der Waals surface area contributed by atoms with Crippen molar-refractivity contribution < 1.29 is 18.0 Å². The maximum Gasteiger partial charge on any atom is 0.419 e. The zero-order chi connectivity index (χ0) is 23.3. The summed E-state index contributed by atoms with van der Waals surface area (Å²) in [7, 11) is 0. The predicted molar refractivity (Wildman–Crippen MR) is 113 cm³/mol. The Balaban J connectivity index is 0.866. The molecule has 3 saturated heterocycles. The molecule has 2 spiro atoms. The number of anilines is 1. The second kappa shape index (κ2) is 6.60. The fraction of sp³-hybridized carbons (Fsp3) is 0.682. The van der Waals surface area contributed by atoms with E-state index in [1.807, 2.05) is 14.7 Å². The van der Waals surface area contributed by atoms with E-state index in [0.29, 0.717) is 44.0 Å². The third-order valence-electron chi connectivity index (χ3n) is 8.16. The minimum Gasteiger partial charge on any atom is -0.339 e. The Kier molecular flexibility index (Phi) is 3.97. The largest absolute Gasteiger partial charge is 0.419 e. The molecule has 2 aromatic rings. The van der Waals surface area contributed by atoms with Gasteiger partial charge in [0.2, 0.25) is 5.95 Å². The summed E-state index contributed by atoms with van der Waals surface area (Å²) in [6.07, 6.45) is 1.72. The molecule has 0 aromatic carbocycles. The van der Waals surface area contributed by atoms with Crippen molar-refractivity contribution in [1.82, 2.24) is 34.9 Å². The van der Waals surface area contributed by atoms with Gasteiger partial charge in [0, 0.05) is 74.3 Å². The van der Waals surface area contributed by atoms with Crippen LogP contribution in [0.4, 0.5) is 23.9 Å². The third kappa shape index (κ3) is 3.17. The van der Waals surface area contributed by atoms with E-state index in [2.05, 4.69) is 25.1 Å². The zero-order valence-corrected chi connectivity index (χ0v) is 18.6. The van der Waals surface area contributed by atoms with E-state index in [1.54, 1.807) is 0 Å². The molecular weight excluding hydrogens is 449 g/mol. The van der Waals surface area contributed by atoms with Crippen LogP contribution in [0.15, 0.2) is 12.4 Å². The molecule has 7 rings (SSSR count). The molecule has 2 aliphatic carbocycles. The van der Waals surface area contributed by atoms with Gasteiger partial charge in [0.25, 0.3) is 0 Å². The van der Waals surface area contributed by atoms with Crippen LogP contribution in [-0.4, -0.2) is 80.2 Å². The summed E-state index contributed by atoms with van der Waals surface area (Å²) >= 11 is 0. The Morgan fingerprint density at radius 2 is 1.56 bits per heavy atom. The van der Waals surface area contributed by atoms with Gasteiger partial charge in [0.1, 0.15) is 5.82 Å². The van der Waals surface area contributed by atoms with Gasteiger partial charge in [0.15, 0.2) is 5.82 Å². The average Bonchev–Trinajstić information content (AvgIpc) is 3.41. The summed E-state index contributed by atoms with van der Waals surface area (Å²) in [5.41, 5.74) is -0.603. The monoisotopic (exact) mass is 474 g/mol. The first-order valence-electron chi connectivity index (χ1n) is 11.8. The Labute approximate surface area is 193 Å². The van der Waals surface area contributed by atoms with Crippen LogP contribution >= 0.6 is 0 Å². The zero-order valence-electron chi connectivity index (χ0n) is 18.6. The Morgan fingerprint density at radius 3 is 2.15 bits per heavy atom. The first-order valence-corrected chi connectivity index (χ1v) is 11.8. The van der Waals surface area contributed by atoms with Gasteiger partial charge in [-0.1, -0.05) is 0 Å². The topological polar surface area (TPSA) is 94.1 Å². The Morgan fingerprint density at radius 1 is 0.941 bits per heavy atom. The van der Waals surface area contributed by atoms with Crippen LogP contribution in [0.2, 0.25) is 0 Å². The van der Waals surface area contributed by atoms with Gasteiger partial charge in [-0.05, 0) is 25.7 Å². The lowest BCUT2D eigenvalue weighted by atomic mass is 9.57. The maximum absolute atomic E-state index is 12.9. The number of aromatic amines is 1. The number of likely N-dealkylation sites (tertiary alicyclic amines) is 2. The van der Waals surface area contributed by atoms with Crippen molar-refractivity contribution in [3.63, 3.8) is 0 Å². The van der Waals surface area contributed by atoms with Crippen molar-refractivity contribution in [2.24, 2.45) is 10.8 Å². The van der Waals surface area contributed by atoms with E-state index in [1.165, 1.54) is 12.8 Å². The van der Waals surface area contributed by atoms with E-state index in [-0.39, 0.29) is 16.9 Å². The lowest BCUT2D eigenvalue weighted by molar-refractivity contribution is -0.138. The standard InChI is InChI=1S/C22H25F3N8O/c23-22(24,25)15-5-26-18(27-6-15)31-9-21(10-31)11-33(12-21)19(34)32-7-20(8-32)3-14(4-20)17-28-16(29-30-17)13-1-2-13/h5-6,13-14H,1-4,7-12H2,(H,28,29,30). The number of rotatable bonds is 3. The van der Waals surface area contributed by atoms with Crippen LogP contribution < -0.4 is 4.90 Å². The van der Waals surface area contributed by atoms with Crippen LogP contribution in [0.5, 0.6) is 0 Å². The van der Waals surface area contributed by atoms with Gasteiger partial charge >= 0.3 is 12.2 Å². The number of amides is 2. The molecule has 3 aliphatic heterocycles. The number of halogens is 3. The number of alkyl halides is 3. The number of nitrogens with zero attached hydrogens (tertiary/aromatic N) is 7. The summed E-state index contributed by atoms with van der Waals surface area (Å²) < 4.78 is 38.0. The molecule has 0 bridgehead atoms. The number of H-pyrrole nitrogens is 1. The highest BCUT2D eigenvalue weighted by Crippen LogP contribution is 2.56. The van der Waals surface area contributed by atoms with Gasteiger partial charge in [0.05, 0.1) is 5.56 Å². The van der Waals surface area contributed by atoms with Crippen molar-refractivity contribution in [2.75, 3.05) is 44.2 Å². The number of nitrogens with one attached hydrogen (secondary N) is 1. The molecule has 9 nitrogen and oxygen atoms in total. The average molecular weight is 474 g/mol. The van der Waals surface area contributed by atoms with Crippen LogP contribution in [0.25, 0.3) is 0 Å². The van der Waals surface area contributed by atoms with E-state index >= 15 is 0 Å². The highest BCUT2D eigenvalue weighted by molar-refractivity contribution is 5.77. The van der Waals surface area contributed by atoms with Crippen molar-refractivity contribution in [3.8, 4) is 0 Å². The van der Waals surface area contributed by atoms with E-state index in [4.69, 9.17) is 0 Å². The van der Waals surface area contributed by atoms with Crippen molar-refractivity contribution in [2.45, 2.75) is 43.7 Å². The molecule has 34 heavy (non-hydrogen) atoms. The van der Waals surface area contributed by atoms with Crippen LogP contribution in [0.3, 0.4) is 0 Å². The highest BCUT2D eigenvalue weighted by Gasteiger charge is 2.59. The molecule has 5 fully saturated rings. The van der Waals surface area contributed by atoms with Crippen molar-refractivity contribution in [1.29, 1.82) is 0 Å². The van der Waals surface area contributed by atoms with Gasteiger partial charge in [-0.3, -0.25) is 5.10 Å². The molecule has 12 heteroatoms. The smallest absolute Gasteiger partial charge is 0.339 e. The fourth-order valence-electron chi connectivity index (χ4n) is 6.17. The number of urea groups is 1. The van der Waals surface area contributed by atoms with Gasteiger partial charge in [-0.25, -0.2) is 19.7 Å². The van der Waals surface area contributed by atoms with Gasteiger partial charge < -0.3 is 14.7 Å². The molecule has 2 saturated carbocycles. The van der Waals surface area contributed by atoms with Crippen LogP contribution in [0.1, 0.15) is 54.7 Å². The summed E-state index contributed by atoms with van der Waals surface area (Å²) in [6, 6.07) is 0.0952. The first-order chi connectivity index (χ1) is 16.2. The summed E-state index contributed by atoms with van der Waals surface area (Å²) in [5.74, 6) is 3.27. The normalized spacial score (nSPS) is 25.1. The lowest BCUT2D eigenvalue weighted by Crippen LogP contribution is -2.76. The molecule has 0 atom stereocenters. The maximum atomic E-state index is 12.9. The number of carbonyl (C=O) groups excluding carboxylic acids is 1. The molecule has 5 aliphatic rings. The van der Waals surface area contributed by atoms with Crippen molar-refractivity contribution >= 4 is 12.0 Å². The molecule has 2 amide bonds.